The van der Waals surface area contributed by atoms with E-state index in [0.717, 1.165) is 11.4 Å². The van der Waals surface area contributed by atoms with Gasteiger partial charge in [-0.3, -0.25) is 4.68 Å². The summed E-state index contributed by atoms with van der Waals surface area (Å²) in [5, 5.41) is 11.5. The van der Waals surface area contributed by atoms with E-state index in [2.05, 4.69) is 15.3 Å². The maximum atomic E-state index is 5.30. The molecule has 0 aliphatic rings. The van der Waals surface area contributed by atoms with Crippen molar-refractivity contribution in [1.82, 2.24) is 20.0 Å². The molecule has 2 heterocycles. The van der Waals surface area contributed by atoms with Crippen LogP contribution in [0.5, 0.6) is 0 Å². The van der Waals surface area contributed by atoms with Crippen LogP contribution in [0.1, 0.15) is 5.69 Å². The predicted molar refractivity (Wildman–Crippen MR) is 45.6 cm³/mol. The molecular formula is C7H9N5O. The van der Waals surface area contributed by atoms with Crippen molar-refractivity contribution in [2.75, 3.05) is 5.73 Å². The molecule has 0 saturated carbocycles. The molecule has 0 atom stereocenters. The Morgan fingerprint density at radius 2 is 2.23 bits per heavy atom. The Hall–Kier alpha value is -1.85. The van der Waals surface area contributed by atoms with Gasteiger partial charge in [0.2, 0.25) is 0 Å². The minimum absolute atomic E-state index is 0.0638. The van der Waals surface area contributed by atoms with Crippen molar-refractivity contribution < 1.29 is 4.42 Å². The molecule has 0 aliphatic heterocycles. The van der Waals surface area contributed by atoms with Gasteiger partial charge in [-0.25, -0.2) is 0 Å². The minimum Gasteiger partial charge on any atom is -0.402 e. The summed E-state index contributed by atoms with van der Waals surface area (Å²) in [5.41, 5.74) is 6.97. The van der Waals surface area contributed by atoms with E-state index in [-0.39, 0.29) is 6.01 Å². The first-order valence-corrected chi connectivity index (χ1v) is 3.77. The fourth-order valence-corrected chi connectivity index (χ4v) is 1.15. The first-order chi connectivity index (χ1) is 6.16. The lowest BCUT2D eigenvalue weighted by Gasteiger charge is -1.92. The summed E-state index contributed by atoms with van der Waals surface area (Å²) < 4.78 is 6.73. The molecule has 2 aromatic rings. The van der Waals surface area contributed by atoms with Gasteiger partial charge in [-0.05, 0) is 13.0 Å². The van der Waals surface area contributed by atoms with Crippen molar-refractivity contribution >= 4 is 6.01 Å². The Morgan fingerprint density at radius 3 is 2.69 bits per heavy atom. The molecule has 6 heteroatoms. The molecular weight excluding hydrogens is 170 g/mol. The van der Waals surface area contributed by atoms with Crippen molar-refractivity contribution in [2.24, 2.45) is 7.05 Å². The van der Waals surface area contributed by atoms with Crippen molar-refractivity contribution in [2.45, 2.75) is 6.92 Å². The molecule has 0 saturated heterocycles. The van der Waals surface area contributed by atoms with E-state index in [1.165, 1.54) is 0 Å². The van der Waals surface area contributed by atoms with Crippen molar-refractivity contribution in [3.63, 3.8) is 0 Å². The number of nitrogens with two attached hydrogens (primary N) is 1. The summed E-state index contributed by atoms with van der Waals surface area (Å²) in [6.07, 6.45) is 0. The van der Waals surface area contributed by atoms with E-state index >= 15 is 0 Å². The van der Waals surface area contributed by atoms with Gasteiger partial charge < -0.3 is 10.2 Å². The highest BCUT2D eigenvalue weighted by atomic mass is 16.4. The normalized spacial score (nSPS) is 10.6. The third-order valence-corrected chi connectivity index (χ3v) is 1.66. The van der Waals surface area contributed by atoms with Crippen LogP contribution in [0.25, 0.3) is 11.6 Å². The largest absolute Gasteiger partial charge is 0.402 e. The van der Waals surface area contributed by atoms with Gasteiger partial charge in [0.15, 0.2) is 0 Å². The molecule has 2 N–H and O–H groups in total. The molecule has 13 heavy (non-hydrogen) atoms. The number of aryl methyl sites for hydroxylation is 2. The number of aromatic nitrogens is 4. The summed E-state index contributed by atoms with van der Waals surface area (Å²) in [6.45, 7) is 1.89. The van der Waals surface area contributed by atoms with E-state index in [1.807, 2.05) is 20.0 Å². The Kier molecular flexibility index (Phi) is 1.54. The molecule has 0 radical (unpaired) electrons. The number of hydrogen-bond donors (Lipinski definition) is 1. The van der Waals surface area contributed by atoms with Crippen LogP contribution in [0.15, 0.2) is 10.5 Å². The summed E-state index contributed by atoms with van der Waals surface area (Å²) in [4.78, 5) is 0. The highest BCUT2D eigenvalue weighted by Crippen LogP contribution is 2.18. The summed E-state index contributed by atoms with van der Waals surface area (Å²) in [5.74, 6) is 0.389. The van der Waals surface area contributed by atoms with E-state index in [0.29, 0.717) is 5.89 Å². The third kappa shape index (κ3) is 1.26. The zero-order chi connectivity index (χ0) is 9.42. The highest BCUT2D eigenvalue weighted by Gasteiger charge is 2.11. The van der Waals surface area contributed by atoms with Gasteiger partial charge in [0.1, 0.15) is 5.69 Å². The lowest BCUT2D eigenvalue weighted by Crippen LogP contribution is -1.93. The fourth-order valence-electron chi connectivity index (χ4n) is 1.15. The molecule has 0 aliphatic carbocycles. The second-order valence-corrected chi connectivity index (χ2v) is 2.74. The average Bonchev–Trinajstić information content (AvgIpc) is 2.58. The van der Waals surface area contributed by atoms with Gasteiger partial charge in [0.25, 0.3) is 5.89 Å². The van der Waals surface area contributed by atoms with Crippen molar-refractivity contribution in [3.05, 3.63) is 11.8 Å². The summed E-state index contributed by atoms with van der Waals surface area (Å²) in [7, 11) is 1.81. The third-order valence-electron chi connectivity index (χ3n) is 1.66. The fraction of sp³-hybridized carbons (Fsp3) is 0.286. The van der Waals surface area contributed by atoms with Crippen LogP contribution >= 0.6 is 0 Å². The summed E-state index contributed by atoms with van der Waals surface area (Å²) in [6, 6.07) is 1.92. The molecule has 0 bridgehead atoms. The second kappa shape index (κ2) is 2.58. The van der Waals surface area contributed by atoms with Crippen LogP contribution in [-0.2, 0) is 7.05 Å². The zero-order valence-electron chi connectivity index (χ0n) is 7.35. The van der Waals surface area contributed by atoms with Crippen LogP contribution in [0.3, 0.4) is 0 Å². The number of rotatable bonds is 1. The molecule has 68 valence electrons. The van der Waals surface area contributed by atoms with Gasteiger partial charge >= 0.3 is 6.01 Å². The predicted octanol–water partition coefficient (Wildman–Crippen LogP) is 0.361. The molecule has 0 aromatic carbocycles. The average molecular weight is 179 g/mol. The van der Waals surface area contributed by atoms with E-state index in [4.69, 9.17) is 10.2 Å². The van der Waals surface area contributed by atoms with Crippen LogP contribution in [0.2, 0.25) is 0 Å². The lowest BCUT2D eigenvalue weighted by atomic mass is 10.4. The van der Waals surface area contributed by atoms with Crippen LogP contribution in [0, 0.1) is 6.92 Å². The van der Waals surface area contributed by atoms with E-state index in [9.17, 15) is 0 Å². The molecule has 6 nitrogen and oxygen atoms in total. The SMILES string of the molecule is Cc1cc(-c2nnc(N)o2)n(C)n1. The lowest BCUT2D eigenvalue weighted by molar-refractivity contribution is 0.580. The van der Waals surface area contributed by atoms with Gasteiger partial charge in [0, 0.05) is 7.05 Å². The minimum atomic E-state index is 0.0638. The van der Waals surface area contributed by atoms with Crippen molar-refractivity contribution in [3.8, 4) is 11.6 Å². The van der Waals surface area contributed by atoms with E-state index < -0.39 is 0 Å². The Balaban J connectivity index is 2.51. The first kappa shape index (κ1) is 7.78. The topological polar surface area (TPSA) is 82.8 Å². The number of hydrogen-bond acceptors (Lipinski definition) is 5. The highest BCUT2D eigenvalue weighted by molar-refractivity contribution is 5.48. The molecule has 0 amide bonds. The molecule has 2 rings (SSSR count). The molecule has 0 fully saturated rings. The second-order valence-electron chi connectivity index (χ2n) is 2.74. The monoisotopic (exact) mass is 179 g/mol. The quantitative estimate of drug-likeness (QED) is 0.683. The summed E-state index contributed by atoms with van der Waals surface area (Å²) >= 11 is 0. The number of anilines is 1. The number of nitrogen functional groups attached to an aromatic ring is 1. The van der Waals surface area contributed by atoms with Gasteiger partial charge in [-0.15, -0.1) is 5.10 Å². The standard InChI is InChI=1S/C7H9N5O/c1-4-3-5(12(2)11-4)6-9-10-7(8)13-6/h3H,1-2H3,(H2,8,10). The maximum absolute atomic E-state index is 5.30. The van der Waals surface area contributed by atoms with Gasteiger partial charge in [0.05, 0.1) is 5.69 Å². The van der Waals surface area contributed by atoms with Gasteiger partial charge in [-0.1, -0.05) is 5.10 Å². The smallest absolute Gasteiger partial charge is 0.313 e. The number of nitrogens with zero attached hydrogens (tertiary/aromatic N) is 4. The molecule has 0 unspecified atom stereocenters. The Bertz CT molecular complexity index is 430. The van der Waals surface area contributed by atoms with Crippen molar-refractivity contribution in [1.29, 1.82) is 0 Å². The van der Waals surface area contributed by atoms with Crippen LogP contribution < -0.4 is 5.73 Å². The first-order valence-electron chi connectivity index (χ1n) is 3.77. The molecule has 2 aromatic heterocycles. The van der Waals surface area contributed by atoms with E-state index in [1.54, 1.807) is 4.68 Å². The Morgan fingerprint density at radius 1 is 1.46 bits per heavy atom. The zero-order valence-corrected chi connectivity index (χ0v) is 7.35. The van der Waals surface area contributed by atoms with Gasteiger partial charge in [-0.2, -0.15) is 5.10 Å². The van der Waals surface area contributed by atoms with Crippen LogP contribution in [0.4, 0.5) is 6.01 Å². The Labute approximate surface area is 74.4 Å². The maximum Gasteiger partial charge on any atom is 0.313 e. The molecule has 0 spiro atoms. The van der Waals surface area contributed by atoms with Crippen LogP contribution in [-0.4, -0.2) is 20.0 Å².